The van der Waals surface area contributed by atoms with Crippen LogP contribution in [-0.2, 0) is 22.6 Å². The van der Waals surface area contributed by atoms with E-state index in [1.54, 1.807) is 12.1 Å². The van der Waals surface area contributed by atoms with E-state index in [0.29, 0.717) is 37.4 Å². The molecule has 1 aliphatic heterocycles. The molecule has 0 atom stereocenters. The highest BCUT2D eigenvalue weighted by Gasteiger charge is 2.36. The van der Waals surface area contributed by atoms with Crippen molar-refractivity contribution in [1.82, 2.24) is 9.88 Å². The van der Waals surface area contributed by atoms with Gasteiger partial charge in [0.25, 0.3) is 5.91 Å². The molecule has 0 spiro atoms. The number of piperazine rings is 1. The maximum atomic E-state index is 13.3. The van der Waals surface area contributed by atoms with E-state index in [4.69, 9.17) is 0 Å². The summed E-state index contributed by atoms with van der Waals surface area (Å²) >= 11 is 0. The number of sulfonamides is 1. The average Bonchev–Trinajstić information content (AvgIpc) is 2.89. The van der Waals surface area contributed by atoms with Crippen molar-refractivity contribution in [1.29, 1.82) is 0 Å². The van der Waals surface area contributed by atoms with Gasteiger partial charge in [-0.05, 0) is 42.7 Å². The number of aryl methyl sites for hydroxylation is 1. The van der Waals surface area contributed by atoms with Crippen molar-refractivity contribution in [2.24, 2.45) is 0 Å². The normalized spacial score (nSPS) is 14.5. The van der Waals surface area contributed by atoms with E-state index >= 15 is 0 Å². The highest BCUT2D eigenvalue weighted by atomic mass is 32.2. The summed E-state index contributed by atoms with van der Waals surface area (Å²) in [6, 6.07) is 17.7. The Morgan fingerprint density at radius 2 is 1.59 bits per heavy atom. The number of amides is 1. The van der Waals surface area contributed by atoms with Crippen LogP contribution in [-0.4, -0.2) is 56.1 Å². The SMILES string of the molecule is O=C(c1ccccc1C(F)(F)F)N1CCN(c2ccc(NS(=O)(=O)CCCc3ccccc3)cn2)CC1. The molecule has 4 rings (SSSR count). The summed E-state index contributed by atoms with van der Waals surface area (Å²) in [5.74, 6) is -0.0794. The number of pyridine rings is 1. The Kier molecular flexibility index (Phi) is 8.01. The molecule has 3 aromatic rings. The molecular weight excluding hydrogens is 505 g/mol. The van der Waals surface area contributed by atoms with Gasteiger partial charge in [-0.3, -0.25) is 9.52 Å². The Balaban J connectivity index is 1.30. The second-order valence-corrected chi connectivity index (χ2v) is 10.6. The summed E-state index contributed by atoms with van der Waals surface area (Å²) < 4.78 is 67.3. The molecule has 1 fully saturated rings. The van der Waals surface area contributed by atoms with Crippen molar-refractivity contribution < 1.29 is 26.4 Å². The molecule has 2 aromatic carbocycles. The van der Waals surface area contributed by atoms with Gasteiger partial charge in [0.05, 0.1) is 28.8 Å². The lowest BCUT2D eigenvalue weighted by molar-refractivity contribution is -0.138. The summed E-state index contributed by atoms with van der Waals surface area (Å²) in [7, 11) is -3.53. The van der Waals surface area contributed by atoms with Crippen molar-refractivity contribution in [3.63, 3.8) is 0 Å². The predicted molar refractivity (Wildman–Crippen MR) is 136 cm³/mol. The number of alkyl halides is 3. The zero-order chi connectivity index (χ0) is 26.5. The van der Waals surface area contributed by atoms with Crippen LogP contribution in [0.4, 0.5) is 24.7 Å². The summed E-state index contributed by atoms with van der Waals surface area (Å²) in [5.41, 5.74) is 0.125. The molecule has 0 bridgehead atoms. The van der Waals surface area contributed by atoms with E-state index in [2.05, 4.69) is 9.71 Å². The molecule has 1 N–H and O–H groups in total. The average molecular weight is 533 g/mol. The van der Waals surface area contributed by atoms with Crippen molar-refractivity contribution in [3.05, 3.63) is 89.6 Å². The number of nitrogens with zero attached hydrogens (tertiary/aromatic N) is 3. The van der Waals surface area contributed by atoms with Crippen LogP contribution in [0.2, 0.25) is 0 Å². The lowest BCUT2D eigenvalue weighted by Crippen LogP contribution is -2.49. The summed E-state index contributed by atoms with van der Waals surface area (Å²) in [6.45, 7) is 1.25. The van der Waals surface area contributed by atoms with E-state index < -0.39 is 27.7 Å². The number of nitrogens with one attached hydrogen (secondary N) is 1. The fraction of sp³-hybridized carbons (Fsp3) is 0.308. The molecule has 11 heteroatoms. The summed E-state index contributed by atoms with van der Waals surface area (Å²) in [4.78, 5) is 20.4. The van der Waals surface area contributed by atoms with E-state index in [0.717, 1.165) is 11.6 Å². The molecule has 37 heavy (non-hydrogen) atoms. The van der Waals surface area contributed by atoms with Gasteiger partial charge in [0, 0.05) is 26.2 Å². The fourth-order valence-electron chi connectivity index (χ4n) is 4.20. The second kappa shape index (κ2) is 11.2. The minimum absolute atomic E-state index is 0.0168. The lowest BCUT2D eigenvalue weighted by Gasteiger charge is -2.35. The molecule has 0 radical (unpaired) electrons. The maximum Gasteiger partial charge on any atom is 0.417 e. The van der Waals surface area contributed by atoms with Crippen molar-refractivity contribution >= 4 is 27.4 Å². The molecule has 1 saturated heterocycles. The number of hydrogen-bond acceptors (Lipinski definition) is 5. The van der Waals surface area contributed by atoms with Crippen molar-refractivity contribution in [3.8, 4) is 0 Å². The topological polar surface area (TPSA) is 82.6 Å². The Bertz CT molecular complexity index is 1310. The summed E-state index contributed by atoms with van der Waals surface area (Å²) in [5, 5.41) is 0. The number of carbonyl (C=O) groups excluding carboxylic acids is 1. The smallest absolute Gasteiger partial charge is 0.353 e. The monoisotopic (exact) mass is 532 g/mol. The van der Waals surface area contributed by atoms with Crippen LogP contribution in [0, 0.1) is 0 Å². The quantitative estimate of drug-likeness (QED) is 0.464. The van der Waals surface area contributed by atoms with E-state index in [-0.39, 0.29) is 24.4 Å². The lowest BCUT2D eigenvalue weighted by atomic mass is 10.1. The van der Waals surface area contributed by atoms with Gasteiger partial charge in [-0.1, -0.05) is 42.5 Å². The van der Waals surface area contributed by atoms with Gasteiger partial charge >= 0.3 is 6.18 Å². The van der Waals surface area contributed by atoms with Gasteiger partial charge in [-0.25, -0.2) is 13.4 Å². The fourth-order valence-corrected chi connectivity index (χ4v) is 5.31. The number of rotatable bonds is 8. The highest BCUT2D eigenvalue weighted by molar-refractivity contribution is 7.92. The number of anilines is 2. The van der Waals surface area contributed by atoms with E-state index in [1.807, 2.05) is 35.2 Å². The Hall–Kier alpha value is -3.60. The van der Waals surface area contributed by atoms with Crippen LogP contribution in [0.25, 0.3) is 0 Å². The van der Waals surface area contributed by atoms with Crippen LogP contribution >= 0.6 is 0 Å². The van der Waals surface area contributed by atoms with Crippen molar-refractivity contribution in [2.45, 2.75) is 19.0 Å². The van der Waals surface area contributed by atoms with Gasteiger partial charge in [0.1, 0.15) is 5.82 Å². The standard InChI is InChI=1S/C26H27F3N4O3S/c27-26(28,29)23-11-5-4-10-22(23)25(34)33-16-14-32(15-17-33)24-13-12-21(19-30-24)31-37(35,36)18-6-9-20-7-2-1-3-8-20/h1-5,7-8,10-13,19,31H,6,9,14-18H2. The highest BCUT2D eigenvalue weighted by Crippen LogP contribution is 2.32. The zero-order valence-electron chi connectivity index (χ0n) is 20.0. The first kappa shape index (κ1) is 26.5. The largest absolute Gasteiger partial charge is 0.417 e. The number of carbonyl (C=O) groups is 1. The third-order valence-corrected chi connectivity index (χ3v) is 7.47. The second-order valence-electron chi connectivity index (χ2n) is 8.74. The third-order valence-electron chi connectivity index (χ3n) is 6.10. The van der Waals surface area contributed by atoms with Gasteiger partial charge in [-0.2, -0.15) is 13.2 Å². The number of aromatic nitrogens is 1. The van der Waals surface area contributed by atoms with E-state index in [1.165, 1.54) is 29.3 Å². The maximum absolute atomic E-state index is 13.3. The Morgan fingerprint density at radius 1 is 0.919 bits per heavy atom. The molecule has 0 unspecified atom stereocenters. The Morgan fingerprint density at radius 3 is 2.24 bits per heavy atom. The molecule has 1 amide bonds. The third kappa shape index (κ3) is 7.00. The van der Waals surface area contributed by atoms with Crippen LogP contribution in [0.15, 0.2) is 72.9 Å². The van der Waals surface area contributed by atoms with Crippen molar-refractivity contribution in [2.75, 3.05) is 41.6 Å². The molecular formula is C26H27F3N4O3S. The zero-order valence-corrected chi connectivity index (χ0v) is 20.8. The first-order valence-corrected chi connectivity index (χ1v) is 13.5. The molecule has 0 aliphatic carbocycles. The molecule has 1 aliphatic rings. The van der Waals surface area contributed by atoms with Gasteiger partial charge in [0.2, 0.25) is 10.0 Å². The van der Waals surface area contributed by atoms with Crippen LogP contribution in [0.5, 0.6) is 0 Å². The predicted octanol–water partition coefficient (Wildman–Crippen LogP) is 4.44. The Labute approximate surface area is 214 Å². The molecule has 0 saturated carbocycles. The number of halogens is 3. The van der Waals surface area contributed by atoms with Crippen LogP contribution < -0.4 is 9.62 Å². The molecule has 196 valence electrons. The number of hydrogen-bond donors (Lipinski definition) is 1. The van der Waals surface area contributed by atoms with Crippen LogP contribution in [0.3, 0.4) is 0 Å². The van der Waals surface area contributed by atoms with Gasteiger partial charge in [0.15, 0.2) is 0 Å². The van der Waals surface area contributed by atoms with E-state index in [9.17, 15) is 26.4 Å². The first-order valence-electron chi connectivity index (χ1n) is 11.8. The molecule has 2 heterocycles. The molecule has 7 nitrogen and oxygen atoms in total. The first-order chi connectivity index (χ1) is 17.6. The minimum Gasteiger partial charge on any atom is -0.353 e. The van der Waals surface area contributed by atoms with Gasteiger partial charge in [-0.15, -0.1) is 0 Å². The number of benzene rings is 2. The molecule has 1 aromatic heterocycles. The van der Waals surface area contributed by atoms with Gasteiger partial charge < -0.3 is 9.80 Å². The summed E-state index contributed by atoms with van der Waals surface area (Å²) in [6.07, 6.45) is -2.03. The van der Waals surface area contributed by atoms with Crippen LogP contribution in [0.1, 0.15) is 27.9 Å². The minimum atomic E-state index is -4.61.